The van der Waals surface area contributed by atoms with Crippen LogP contribution in [0.5, 0.6) is 0 Å². The molecule has 4 heteroatoms. The molecule has 0 aliphatic heterocycles. The van der Waals surface area contributed by atoms with Crippen LogP contribution in [0.3, 0.4) is 0 Å². The summed E-state index contributed by atoms with van der Waals surface area (Å²) in [6, 6.07) is 0. The van der Waals surface area contributed by atoms with E-state index in [0.29, 0.717) is 12.1 Å². The van der Waals surface area contributed by atoms with E-state index in [1.54, 1.807) is 13.0 Å². The molecule has 0 heterocycles. The van der Waals surface area contributed by atoms with Crippen LogP contribution in [-0.4, -0.2) is 30.5 Å². The maximum Gasteiger partial charge on any atom is 0.159 e. The molecule has 0 fully saturated rings. The number of Topliss-reactive ketones (excluding diaryl/α,β-unsaturated/α-hetero) is 1. The Bertz CT molecular complexity index is 259. The Balaban J connectivity index is 0. The molecule has 0 aromatic carbocycles. The van der Waals surface area contributed by atoms with Crippen LogP contribution in [0.1, 0.15) is 13.8 Å². The van der Waals surface area contributed by atoms with Crippen LogP contribution in [0.2, 0.25) is 0 Å². The van der Waals surface area contributed by atoms with Gasteiger partial charge in [0, 0.05) is 57.6 Å². The van der Waals surface area contributed by atoms with E-state index in [0.717, 1.165) is 11.9 Å². The molecule has 0 saturated carbocycles. The molecule has 14 heavy (non-hydrogen) atoms. The largest absolute Gasteiger partial charge is 0.810 e. The van der Waals surface area contributed by atoms with Crippen LogP contribution in [0.15, 0.2) is 23.9 Å². The SMILES string of the molecule is C=CCN(C)/C(C)=C(\C=[N-])C(C)=O.[Y]. The predicted molar refractivity (Wildman–Crippen MR) is 55.6 cm³/mol. The van der Waals surface area contributed by atoms with E-state index in [2.05, 4.69) is 6.58 Å². The van der Waals surface area contributed by atoms with Crippen LogP contribution in [0, 0.1) is 0 Å². The Kier molecular flexibility index (Phi) is 9.31. The van der Waals surface area contributed by atoms with Crippen molar-refractivity contribution >= 4 is 12.0 Å². The van der Waals surface area contributed by atoms with Crippen LogP contribution in [-0.2, 0) is 37.5 Å². The summed E-state index contributed by atoms with van der Waals surface area (Å²) < 4.78 is 0. The molecule has 75 valence electrons. The molecular weight excluding hydrogens is 253 g/mol. The van der Waals surface area contributed by atoms with Gasteiger partial charge in [-0.15, -0.1) is 6.58 Å². The average Bonchev–Trinajstić information content (AvgIpc) is 2.05. The molecule has 0 aliphatic carbocycles. The summed E-state index contributed by atoms with van der Waals surface area (Å²) in [4.78, 5) is 12.9. The van der Waals surface area contributed by atoms with Crippen LogP contribution in [0.25, 0.3) is 5.41 Å². The maximum absolute atomic E-state index is 11.0. The van der Waals surface area contributed by atoms with Gasteiger partial charge in [-0.2, -0.15) is 6.21 Å². The molecule has 0 saturated heterocycles. The minimum absolute atomic E-state index is 0. The van der Waals surface area contributed by atoms with Gasteiger partial charge in [0.25, 0.3) is 0 Å². The zero-order valence-electron chi connectivity index (χ0n) is 8.95. The third-order valence-electron chi connectivity index (χ3n) is 1.87. The van der Waals surface area contributed by atoms with Crippen molar-refractivity contribution in [1.29, 1.82) is 0 Å². The zero-order valence-corrected chi connectivity index (χ0v) is 11.8. The minimum Gasteiger partial charge on any atom is -0.810 e. The Morgan fingerprint density at radius 1 is 1.50 bits per heavy atom. The van der Waals surface area contributed by atoms with Gasteiger partial charge in [-0.1, -0.05) is 6.08 Å². The van der Waals surface area contributed by atoms with E-state index in [1.165, 1.54) is 6.92 Å². The van der Waals surface area contributed by atoms with Crippen molar-refractivity contribution in [2.45, 2.75) is 13.8 Å². The van der Waals surface area contributed by atoms with Gasteiger partial charge in [-0.05, 0) is 13.8 Å². The van der Waals surface area contributed by atoms with Gasteiger partial charge in [-0.3, -0.25) is 4.79 Å². The number of hydrogen-bond acceptors (Lipinski definition) is 2. The second-order valence-corrected chi connectivity index (χ2v) is 2.85. The monoisotopic (exact) mass is 268 g/mol. The maximum atomic E-state index is 11.0. The molecule has 3 nitrogen and oxygen atoms in total. The Hall–Kier alpha value is -0.276. The molecule has 0 aliphatic rings. The van der Waals surface area contributed by atoms with Crippen molar-refractivity contribution in [3.05, 3.63) is 29.3 Å². The quantitative estimate of drug-likeness (QED) is 0.432. The van der Waals surface area contributed by atoms with Gasteiger partial charge in [0.15, 0.2) is 5.78 Å². The van der Waals surface area contributed by atoms with Crippen molar-refractivity contribution in [3.63, 3.8) is 0 Å². The fraction of sp³-hybridized carbons (Fsp3) is 0.400. The molecule has 0 spiro atoms. The number of ketones is 1. The first kappa shape index (κ1) is 16.2. The number of carbonyl (C=O) groups is 1. The van der Waals surface area contributed by atoms with Gasteiger partial charge in [0.1, 0.15) is 0 Å². The fourth-order valence-electron chi connectivity index (χ4n) is 0.975. The van der Waals surface area contributed by atoms with E-state index < -0.39 is 0 Å². The third kappa shape index (κ3) is 4.82. The molecule has 0 amide bonds. The van der Waals surface area contributed by atoms with E-state index in [-0.39, 0.29) is 38.5 Å². The molecule has 0 rings (SSSR count). The van der Waals surface area contributed by atoms with Gasteiger partial charge >= 0.3 is 0 Å². The third-order valence-corrected chi connectivity index (χ3v) is 1.87. The fourth-order valence-corrected chi connectivity index (χ4v) is 0.975. The predicted octanol–water partition coefficient (Wildman–Crippen LogP) is 1.60. The van der Waals surface area contributed by atoms with Crippen LogP contribution >= 0.6 is 0 Å². The van der Waals surface area contributed by atoms with Gasteiger partial charge in [0.2, 0.25) is 0 Å². The number of allylic oxidation sites excluding steroid dienone is 2. The summed E-state index contributed by atoms with van der Waals surface area (Å²) >= 11 is 0. The van der Waals surface area contributed by atoms with Gasteiger partial charge in [-0.25, -0.2) is 0 Å². The van der Waals surface area contributed by atoms with Crippen molar-refractivity contribution < 1.29 is 37.5 Å². The number of carbonyl (C=O) groups excluding carboxylic acids is 1. The van der Waals surface area contributed by atoms with Gasteiger partial charge in [0.05, 0.1) is 0 Å². The Morgan fingerprint density at radius 2 is 2.00 bits per heavy atom. The number of hydrogen-bond donors (Lipinski definition) is 0. The Morgan fingerprint density at radius 3 is 2.29 bits per heavy atom. The Labute approximate surface area is 111 Å². The summed E-state index contributed by atoms with van der Waals surface area (Å²) in [7, 11) is 1.84. The smallest absolute Gasteiger partial charge is 0.159 e. The standard InChI is InChI=1S/C10H15N2O.Y/c1-5-6-12(4)8(2)10(7-11)9(3)13;/h5,7H,1,6H2,2-4H3;/q-1;/b10-8+;. The molecule has 0 aromatic rings. The van der Waals surface area contributed by atoms with Gasteiger partial charge < -0.3 is 10.3 Å². The summed E-state index contributed by atoms with van der Waals surface area (Å²) in [6.45, 7) is 7.45. The van der Waals surface area contributed by atoms with Crippen molar-refractivity contribution in [3.8, 4) is 0 Å². The first-order valence-electron chi connectivity index (χ1n) is 4.05. The number of rotatable bonds is 5. The van der Waals surface area contributed by atoms with E-state index in [4.69, 9.17) is 5.41 Å². The minimum atomic E-state index is -0.143. The van der Waals surface area contributed by atoms with Crippen molar-refractivity contribution in [2.75, 3.05) is 13.6 Å². The average molecular weight is 268 g/mol. The van der Waals surface area contributed by atoms with Crippen molar-refractivity contribution in [2.24, 2.45) is 0 Å². The molecule has 0 bridgehead atoms. The first-order chi connectivity index (χ1) is 6.04. The first-order valence-corrected chi connectivity index (χ1v) is 4.05. The van der Waals surface area contributed by atoms with Crippen LogP contribution in [0.4, 0.5) is 0 Å². The topological polar surface area (TPSA) is 42.6 Å². The zero-order chi connectivity index (χ0) is 10.4. The molecule has 0 atom stereocenters. The molecule has 0 unspecified atom stereocenters. The second-order valence-electron chi connectivity index (χ2n) is 2.85. The number of likely N-dealkylation sites (N-methyl/N-ethyl adjacent to an activating group) is 1. The summed E-state index contributed by atoms with van der Waals surface area (Å²) in [5, 5.41) is 8.83. The summed E-state index contributed by atoms with van der Waals surface area (Å²) in [5.74, 6) is -0.143. The van der Waals surface area contributed by atoms with E-state index in [1.807, 2.05) is 11.9 Å². The molecule has 1 radical (unpaired) electrons. The van der Waals surface area contributed by atoms with Crippen LogP contribution < -0.4 is 0 Å². The normalized spacial score (nSPS) is 10.8. The van der Waals surface area contributed by atoms with Crippen molar-refractivity contribution in [1.82, 2.24) is 4.90 Å². The molecular formula is C10H15N2OY-. The summed E-state index contributed by atoms with van der Waals surface area (Å²) in [6.07, 6.45) is 2.58. The number of nitrogens with zero attached hydrogens (tertiary/aromatic N) is 2. The van der Waals surface area contributed by atoms with E-state index >= 15 is 0 Å². The second kappa shape index (κ2) is 8.07. The molecule has 0 aromatic heterocycles. The van der Waals surface area contributed by atoms with E-state index in [9.17, 15) is 4.79 Å². The summed E-state index contributed by atoms with van der Waals surface area (Å²) in [5.41, 5.74) is 1.08. The molecule has 0 N–H and O–H groups in total.